The highest BCUT2D eigenvalue weighted by Gasteiger charge is 2.22. The molecule has 1 aromatic heterocycles. The highest BCUT2D eigenvalue weighted by atomic mass is 35.5. The molecule has 0 spiro atoms. The third kappa shape index (κ3) is 3.54. The number of carbonyl (C=O) groups excluding carboxylic acids is 1. The fourth-order valence-corrected chi connectivity index (χ4v) is 4.16. The molecule has 2 aliphatic rings. The number of thiophene rings is 1. The molecule has 5 heteroatoms. The zero-order chi connectivity index (χ0) is 13.2. The number of halogens is 1. The van der Waals surface area contributed by atoms with E-state index >= 15 is 0 Å². The minimum absolute atomic E-state index is 0. The smallest absolute Gasteiger partial charge is 0.261 e. The van der Waals surface area contributed by atoms with Gasteiger partial charge in [0, 0.05) is 17.5 Å². The van der Waals surface area contributed by atoms with Crippen molar-refractivity contribution in [2.45, 2.75) is 45.1 Å². The molecule has 3 rings (SSSR count). The van der Waals surface area contributed by atoms with Crippen LogP contribution >= 0.6 is 23.7 Å². The van der Waals surface area contributed by atoms with Crippen LogP contribution in [0.3, 0.4) is 0 Å². The van der Waals surface area contributed by atoms with E-state index in [1.54, 1.807) is 11.3 Å². The Balaban J connectivity index is 0.00000147. The van der Waals surface area contributed by atoms with Crippen LogP contribution in [0.25, 0.3) is 0 Å². The summed E-state index contributed by atoms with van der Waals surface area (Å²) in [5.74, 6) is 0.890. The van der Waals surface area contributed by atoms with Crippen molar-refractivity contribution in [3.63, 3.8) is 0 Å². The molecule has 20 heavy (non-hydrogen) atoms. The Bertz CT molecular complexity index is 468. The number of carbonyl (C=O) groups is 1. The molecule has 0 radical (unpaired) electrons. The Hall–Kier alpha value is -0.580. The fourth-order valence-electron chi connectivity index (χ4n) is 3.05. The van der Waals surface area contributed by atoms with Crippen molar-refractivity contribution in [2.75, 3.05) is 13.1 Å². The summed E-state index contributed by atoms with van der Waals surface area (Å²) in [5.41, 5.74) is 1.41. The summed E-state index contributed by atoms with van der Waals surface area (Å²) in [4.78, 5) is 14.6. The van der Waals surface area contributed by atoms with Crippen molar-refractivity contribution in [3.05, 3.63) is 21.4 Å². The van der Waals surface area contributed by atoms with Crippen LogP contribution in [0.1, 0.15) is 46.3 Å². The Kier molecular flexibility index (Phi) is 5.47. The van der Waals surface area contributed by atoms with Crippen molar-refractivity contribution in [3.8, 4) is 0 Å². The molecule has 1 aliphatic carbocycles. The Labute approximate surface area is 130 Å². The van der Waals surface area contributed by atoms with E-state index in [1.165, 1.54) is 16.9 Å². The number of piperidine rings is 1. The minimum Gasteiger partial charge on any atom is -0.347 e. The molecule has 2 unspecified atom stereocenters. The number of amides is 1. The largest absolute Gasteiger partial charge is 0.347 e. The van der Waals surface area contributed by atoms with E-state index in [2.05, 4.69) is 23.6 Å². The van der Waals surface area contributed by atoms with Crippen LogP contribution in [0.5, 0.6) is 0 Å². The highest BCUT2D eigenvalue weighted by Crippen LogP contribution is 2.32. The van der Waals surface area contributed by atoms with Gasteiger partial charge in [-0.15, -0.1) is 23.7 Å². The van der Waals surface area contributed by atoms with Crippen molar-refractivity contribution < 1.29 is 4.79 Å². The first kappa shape index (κ1) is 15.8. The maximum absolute atomic E-state index is 12.3. The number of rotatable bonds is 2. The van der Waals surface area contributed by atoms with Gasteiger partial charge in [0.2, 0.25) is 0 Å². The van der Waals surface area contributed by atoms with Crippen molar-refractivity contribution in [2.24, 2.45) is 5.92 Å². The summed E-state index contributed by atoms with van der Waals surface area (Å²) in [6.07, 6.45) is 5.81. The molecule has 1 saturated heterocycles. The molecule has 1 amide bonds. The van der Waals surface area contributed by atoms with E-state index in [-0.39, 0.29) is 18.3 Å². The summed E-state index contributed by atoms with van der Waals surface area (Å²) in [5, 5.41) is 6.50. The predicted molar refractivity (Wildman–Crippen MR) is 86.1 cm³/mol. The maximum atomic E-state index is 12.3. The van der Waals surface area contributed by atoms with E-state index in [1.807, 2.05) is 0 Å². The molecule has 2 N–H and O–H groups in total. The number of fused-ring (bicyclic) bond motifs is 1. The first-order valence-electron chi connectivity index (χ1n) is 7.35. The van der Waals surface area contributed by atoms with Gasteiger partial charge in [-0.1, -0.05) is 6.92 Å². The molecule has 0 saturated carbocycles. The molecule has 1 aromatic rings. The maximum Gasteiger partial charge on any atom is 0.261 e. The van der Waals surface area contributed by atoms with Crippen LogP contribution in [0, 0.1) is 5.92 Å². The van der Waals surface area contributed by atoms with Crippen LogP contribution in [0.2, 0.25) is 0 Å². The first-order valence-corrected chi connectivity index (χ1v) is 8.17. The molecule has 0 bridgehead atoms. The first-order chi connectivity index (χ1) is 9.22. The van der Waals surface area contributed by atoms with Gasteiger partial charge >= 0.3 is 0 Å². The van der Waals surface area contributed by atoms with Gasteiger partial charge in [-0.05, 0) is 56.2 Å². The summed E-state index contributed by atoms with van der Waals surface area (Å²) in [6, 6.07) is 2.43. The topological polar surface area (TPSA) is 41.1 Å². The van der Waals surface area contributed by atoms with Gasteiger partial charge in [0.1, 0.15) is 0 Å². The minimum atomic E-state index is 0. The Morgan fingerprint density at radius 2 is 2.30 bits per heavy atom. The number of hydrogen-bond acceptors (Lipinski definition) is 3. The lowest BCUT2D eigenvalue weighted by Gasteiger charge is -2.23. The van der Waals surface area contributed by atoms with E-state index < -0.39 is 0 Å². The molecule has 2 atom stereocenters. The lowest BCUT2D eigenvalue weighted by molar-refractivity contribution is 0.0934. The fraction of sp³-hybridized carbons (Fsp3) is 0.667. The number of aryl methyl sites for hydroxylation is 1. The van der Waals surface area contributed by atoms with Crippen LogP contribution in [0.4, 0.5) is 0 Å². The average molecular weight is 315 g/mol. The monoisotopic (exact) mass is 314 g/mol. The van der Waals surface area contributed by atoms with Gasteiger partial charge in [0.25, 0.3) is 5.91 Å². The molecule has 2 heterocycles. The molecule has 1 fully saturated rings. The van der Waals surface area contributed by atoms with Gasteiger partial charge in [-0.3, -0.25) is 4.79 Å². The highest BCUT2D eigenvalue weighted by molar-refractivity contribution is 7.14. The lowest BCUT2D eigenvalue weighted by Crippen LogP contribution is -2.45. The van der Waals surface area contributed by atoms with E-state index in [0.717, 1.165) is 49.6 Å². The average Bonchev–Trinajstić information content (AvgIpc) is 2.83. The predicted octanol–water partition coefficient (Wildman–Crippen LogP) is 2.78. The lowest BCUT2D eigenvalue weighted by atomic mass is 9.90. The summed E-state index contributed by atoms with van der Waals surface area (Å²) in [7, 11) is 0. The zero-order valence-corrected chi connectivity index (χ0v) is 13.5. The van der Waals surface area contributed by atoms with Gasteiger partial charge < -0.3 is 10.6 Å². The van der Waals surface area contributed by atoms with Crippen LogP contribution in [0.15, 0.2) is 6.07 Å². The third-order valence-corrected chi connectivity index (χ3v) is 5.42. The van der Waals surface area contributed by atoms with Crippen LogP contribution < -0.4 is 10.6 Å². The second kappa shape index (κ2) is 6.92. The normalized spacial score (nSPS) is 25.4. The summed E-state index contributed by atoms with van der Waals surface area (Å²) >= 11 is 1.70. The van der Waals surface area contributed by atoms with Gasteiger partial charge in [-0.2, -0.15) is 0 Å². The van der Waals surface area contributed by atoms with Gasteiger partial charge in [-0.25, -0.2) is 0 Å². The number of hydrogen-bond donors (Lipinski definition) is 2. The quantitative estimate of drug-likeness (QED) is 0.881. The standard InChI is InChI=1S/C15H22N2OS.ClH/c1-10-4-5-13-11(7-10)8-14(19-13)15(18)17-12-3-2-6-16-9-12;/h8,10,12,16H,2-7,9H2,1H3,(H,17,18);1H. The van der Waals surface area contributed by atoms with E-state index in [4.69, 9.17) is 0 Å². The number of nitrogens with one attached hydrogen (secondary N) is 2. The molecule has 112 valence electrons. The van der Waals surface area contributed by atoms with Crippen molar-refractivity contribution in [1.82, 2.24) is 10.6 Å². The SMILES string of the molecule is CC1CCc2sc(C(=O)NC3CCCNC3)cc2C1.Cl. The summed E-state index contributed by atoms with van der Waals surface area (Å²) in [6.45, 7) is 4.29. The molecular formula is C15H23ClN2OS. The zero-order valence-electron chi connectivity index (χ0n) is 11.9. The van der Waals surface area contributed by atoms with Crippen LogP contribution in [-0.4, -0.2) is 25.0 Å². The van der Waals surface area contributed by atoms with Gasteiger partial charge in [0.15, 0.2) is 0 Å². The molecule has 0 aromatic carbocycles. The van der Waals surface area contributed by atoms with Crippen LogP contribution in [-0.2, 0) is 12.8 Å². The Morgan fingerprint density at radius 3 is 3.05 bits per heavy atom. The van der Waals surface area contributed by atoms with Gasteiger partial charge in [0.05, 0.1) is 4.88 Å². The van der Waals surface area contributed by atoms with E-state index in [0.29, 0.717) is 6.04 Å². The van der Waals surface area contributed by atoms with E-state index in [9.17, 15) is 4.79 Å². The second-order valence-electron chi connectivity index (χ2n) is 5.92. The Morgan fingerprint density at radius 1 is 1.45 bits per heavy atom. The second-order valence-corrected chi connectivity index (χ2v) is 7.06. The molecular weight excluding hydrogens is 292 g/mol. The van der Waals surface area contributed by atoms with Crippen molar-refractivity contribution in [1.29, 1.82) is 0 Å². The summed E-state index contributed by atoms with van der Waals surface area (Å²) < 4.78 is 0. The third-order valence-electron chi connectivity index (χ3n) is 4.19. The molecule has 1 aliphatic heterocycles. The molecule has 3 nitrogen and oxygen atoms in total. The van der Waals surface area contributed by atoms with Crippen molar-refractivity contribution >= 4 is 29.7 Å².